The Morgan fingerprint density at radius 1 is 1.22 bits per heavy atom. The molecule has 4 aromatic rings. The fraction of sp³-hybridized carbons (Fsp3) is 0.211. The fourth-order valence-electron chi connectivity index (χ4n) is 3.11. The molecule has 0 aromatic carbocycles. The van der Waals surface area contributed by atoms with Crippen LogP contribution in [-0.2, 0) is 20.6 Å². The highest BCUT2D eigenvalue weighted by molar-refractivity contribution is 7.13. The van der Waals surface area contributed by atoms with Crippen molar-refractivity contribution in [3.63, 3.8) is 0 Å². The highest BCUT2D eigenvalue weighted by atomic mass is 32.1. The number of amides is 1. The van der Waals surface area contributed by atoms with E-state index < -0.39 is 0 Å². The zero-order valence-corrected chi connectivity index (χ0v) is 15.9. The largest absolute Gasteiger partial charge is 0.349 e. The zero-order valence-electron chi connectivity index (χ0n) is 15.0. The van der Waals surface area contributed by atoms with E-state index in [9.17, 15) is 9.59 Å². The van der Waals surface area contributed by atoms with Crippen LogP contribution in [0.4, 0.5) is 0 Å². The molecule has 8 heteroatoms. The number of aromatic nitrogens is 4. The molecular formula is C19H19N5O2S. The van der Waals surface area contributed by atoms with Gasteiger partial charge in [0.1, 0.15) is 16.9 Å². The normalized spacial score (nSPS) is 11.2. The predicted molar refractivity (Wildman–Crippen MR) is 106 cm³/mol. The van der Waals surface area contributed by atoms with Crippen molar-refractivity contribution in [3.05, 3.63) is 64.2 Å². The van der Waals surface area contributed by atoms with Crippen molar-refractivity contribution >= 4 is 28.1 Å². The van der Waals surface area contributed by atoms with Gasteiger partial charge in [-0.2, -0.15) is 5.10 Å². The number of pyridine rings is 1. The number of hydrogen-bond acceptors (Lipinski definition) is 4. The summed E-state index contributed by atoms with van der Waals surface area (Å²) >= 11 is 1.58. The summed E-state index contributed by atoms with van der Waals surface area (Å²) in [6.45, 7) is 0.759. The highest BCUT2D eigenvalue weighted by Gasteiger charge is 2.14. The van der Waals surface area contributed by atoms with Gasteiger partial charge in [0.15, 0.2) is 0 Å². The number of fused-ring (bicyclic) bond motifs is 1. The number of carbonyl (C=O) groups is 1. The van der Waals surface area contributed by atoms with Crippen molar-refractivity contribution in [3.8, 4) is 10.6 Å². The van der Waals surface area contributed by atoms with E-state index in [-0.39, 0.29) is 11.5 Å². The molecular weight excluding hydrogens is 362 g/mol. The Balaban J connectivity index is 1.45. The summed E-state index contributed by atoms with van der Waals surface area (Å²) in [5, 5.41) is 10.2. The van der Waals surface area contributed by atoms with E-state index in [0.29, 0.717) is 24.3 Å². The molecule has 4 heterocycles. The van der Waals surface area contributed by atoms with Gasteiger partial charge >= 0.3 is 0 Å². The molecule has 0 saturated heterocycles. The van der Waals surface area contributed by atoms with E-state index in [2.05, 4.69) is 10.4 Å². The van der Waals surface area contributed by atoms with Gasteiger partial charge in [0.2, 0.25) is 0 Å². The fourth-order valence-corrected chi connectivity index (χ4v) is 3.79. The summed E-state index contributed by atoms with van der Waals surface area (Å²) in [6.07, 6.45) is 3.63. The lowest BCUT2D eigenvalue weighted by molar-refractivity contribution is 0.0943. The molecule has 27 heavy (non-hydrogen) atoms. The van der Waals surface area contributed by atoms with Crippen molar-refractivity contribution < 1.29 is 4.79 Å². The second-order valence-corrected chi connectivity index (χ2v) is 7.26. The van der Waals surface area contributed by atoms with Gasteiger partial charge in [-0.05, 0) is 29.6 Å². The summed E-state index contributed by atoms with van der Waals surface area (Å²) < 4.78 is 5.00. The molecule has 0 radical (unpaired) electrons. The van der Waals surface area contributed by atoms with Crippen LogP contribution in [0.5, 0.6) is 0 Å². The van der Waals surface area contributed by atoms with Crippen molar-refractivity contribution in [1.29, 1.82) is 0 Å². The van der Waals surface area contributed by atoms with Crippen LogP contribution < -0.4 is 10.9 Å². The molecule has 4 aromatic heterocycles. The summed E-state index contributed by atoms with van der Waals surface area (Å²) in [5.41, 5.74) is 1.87. The van der Waals surface area contributed by atoms with Gasteiger partial charge in [-0.3, -0.25) is 14.3 Å². The summed E-state index contributed by atoms with van der Waals surface area (Å²) in [5.74, 6) is -0.208. The van der Waals surface area contributed by atoms with E-state index in [1.165, 1.54) is 0 Å². The number of nitrogens with zero attached hydrogens (tertiary/aromatic N) is 4. The van der Waals surface area contributed by atoms with Crippen molar-refractivity contribution in [1.82, 2.24) is 24.2 Å². The molecule has 0 aliphatic rings. The van der Waals surface area contributed by atoms with E-state index in [1.54, 1.807) is 39.9 Å². The second kappa shape index (κ2) is 6.88. The van der Waals surface area contributed by atoms with Crippen LogP contribution in [0.15, 0.2) is 52.9 Å². The number of carbonyl (C=O) groups excluding carboxylic acids is 1. The number of nitrogens with one attached hydrogen (secondary N) is 1. The van der Waals surface area contributed by atoms with E-state index >= 15 is 0 Å². The molecule has 0 atom stereocenters. The van der Waals surface area contributed by atoms with Gasteiger partial charge in [0, 0.05) is 45.0 Å². The molecule has 138 valence electrons. The van der Waals surface area contributed by atoms with Crippen LogP contribution in [0.25, 0.3) is 21.5 Å². The second-order valence-electron chi connectivity index (χ2n) is 6.32. The van der Waals surface area contributed by atoms with Crippen molar-refractivity contribution in [2.75, 3.05) is 6.54 Å². The lowest BCUT2D eigenvalue weighted by atomic mass is 10.3. The lowest BCUT2D eigenvalue weighted by Gasteiger charge is -2.08. The molecule has 0 unspecified atom stereocenters. The topological polar surface area (TPSA) is 73.8 Å². The Morgan fingerprint density at radius 2 is 2.04 bits per heavy atom. The Kier molecular flexibility index (Phi) is 4.41. The van der Waals surface area contributed by atoms with Crippen LogP contribution in [0.1, 0.15) is 10.5 Å². The maximum atomic E-state index is 12.6. The third-order valence-electron chi connectivity index (χ3n) is 4.53. The first-order valence-corrected chi connectivity index (χ1v) is 9.43. The summed E-state index contributed by atoms with van der Waals surface area (Å²) in [6, 6.07) is 9.53. The minimum atomic E-state index is -0.208. The predicted octanol–water partition coefficient (Wildman–Crippen LogP) is 2.23. The van der Waals surface area contributed by atoms with Gasteiger partial charge < -0.3 is 14.5 Å². The lowest BCUT2D eigenvalue weighted by Crippen LogP contribution is -2.32. The summed E-state index contributed by atoms with van der Waals surface area (Å²) in [4.78, 5) is 26.1. The minimum absolute atomic E-state index is 0.0604. The molecule has 0 aliphatic heterocycles. The van der Waals surface area contributed by atoms with Gasteiger partial charge in [-0.25, -0.2) is 0 Å². The molecule has 0 saturated carbocycles. The van der Waals surface area contributed by atoms with Gasteiger partial charge in [0.25, 0.3) is 11.5 Å². The standard InChI is InChI=1S/C19H19N5O2S/c1-22-8-5-13-6-9-24(19(26)17(13)22)10-7-20-18(25)15-12-14(21-23(15)2)16-4-3-11-27-16/h3-6,8-9,11-12H,7,10H2,1-2H3,(H,20,25). The van der Waals surface area contributed by atoms with E-state index in [0.717, 1.165) is 16.0 Å². The molecule has 1 amide bonds. The van der Waals surface area contributed by atoms with E-state index in [1.807, 2.05) is 47.5 Å². The molecule has 0 fully saturated rings. The molecule has 4 rings (SSSR count). The SMILES string of the molecule is Cn1nc(-c2cccs2)cc1C(=O)NCCn1ccc2ccn(C)c2c1=O. The first-order valence-electron chi connectivity index (χ1n) is 8.55. The maximum Gasteiger partial charge on any atom is 0.275 e. The number of thiophene rings is 1. The van der Waals surface area contributed by atoms with Gasteiger partial charge in [-0.1, -0.05) is 6.07 Å². The van der Waals surface area contributed by atoms with Gasteiger partial charge in [-0.15, -0.1) is 11.3 Å². The Bertz CT molecular complexity index is 1170. The molecule has 7 nitrogen and oxygen atoms in total. The molecule has 0 bridgehead atoms. The maximum absolute atomic E-state index is 12.6. The quantitative estimate of drug-likeness (QED) is 0.576. The number of rotatable bonds is 5. The Labute approximate surface area is 159 Å². The van der Waals surface area contributed by atoms with Crippen LogP contribution in [0, 0.1) is 0 Å². The van der Waals surface area contributed by atoms with Crippen molar-refractivity contribution in [2.45, 2.75) is 6.54 Å². The van der Waals surface area contributed by atoms with E-state index in [4.69, 9.17) is 0 Å². The Hall–Kier alpha value is -3.13. The van der Waals surface area contributed by atoms with Crippen LogP contribution in [0.2, 0.25) is 0 Å². The summed E-state index contributed by atoms with van der Waals surface area (Å²) in [7, 11) is 3.60. The third-order valence-corrected chi connectivity index (χ3v) is 5.42. The molecule has 0 aliphatic carbocycles. The third kappa shape index (κ3) is 3.19. The number of hydrogen-bond donors (Lipinski definition) is 1. The van der Waals surface area contributed by atoms with Crippen LogP contribution >= 0.6 is 11.3 Å². The van der Waals surface area contributed by atoms with Crippen LogP contribution in [0.3, 0.4) is 0 Å². The van der Waals surface area contributed by atoms with Crippen LogP contribution in [-0.4, -0.2) is 31.4 Å². The smallest absolute Gasteiger partial charge is 0.275 e. The zero-order chi connectivity index (χ0) is 19.0. The average molecular weight is 381 g/mol. The Morgan fingerprint density at radius 3 is 2.81 bits per heavy atom. The first kappa shape index (κ1) is 17.3. The average Bonchev–Trinajstić information content (AvgIpc) is 3.37. The highest BCUT2D eigenvalue weighted by Crippen LogP contribution is 2.23. The molecule has 0 spiro atoms. The number of aryl methyl sites for hydroxylation is 2. The van der Waals surface area contributed by atoms with Gasteiger partial charge in [0.05, 0.1) is 4.88 Å². The van der Waals surface area contributed by atoms with Crippen molar-refractivity contribution in [2.24, 2.45) is 14.1 Å². The molecule has 1 N–H and O–H groups in total. The first-order chi connectivity index (χ1) is 13.0. The monoisotopic (exact) mass is 381 g/mol. The minimum Gasteiger partial charge on any atom is -0.349 e.